The number of hydrogen-bond donors (Lipinski definition) is 3. The summed E-state index contributed by atoms with van der Waals surface area (Å²) in [5.74, 6) is -0.159. The first-order valence-corrected chi connectivity index (χ1v) is 27.3. The minimum absolute atomic E-state index is 0.159. The van der Waals surface area contributed by atoms with E-state index in [0.717, 1.165) is 133 Å². The maximum absolute atomic E-state index is 5.87. The lowest BCUT2D eigenvalue weighted by Crippen LogP contribution is -2.11. The number of aromatic amines is 3. The van der Waals surface area contributed by atoms with E-state index in [1.165, 1.54) is 5.57 Å². The van der Waals surface area contributed by atoms with Crippen LogP contribution < -0.4 is 10.4 Å². The minimum atomic E-state index is -0.159. The molecule has 0 radical (unpaired) electrons. The van der Waals surface area contributed by atoms with Crippen molar-refractivity contribution in [2.45, 2.75) is 12.3 Å². The Morgan fingerprint density at radius 3 is 1.63 bits per heavy atom. The topological polar surface area (TPSA) is 150 Å². The van der Waals surface area contributed by atoms with Crippen LogP contribution in [0.4, 0.5) is 0 Å². The average molecular weight is 1030 g/mol. The monoisotopic (exact) mass is 1030 g/mol. The molecule has 0 spiro atoms. The highest BCUT2D eigenvalue weighted by atomic mass is 14.9. The molecule has 5 aliphatic rings. The van der Waals surface area contributed by atoms with Crippen LogP contribution in [0.25, 0.3) is 151 Å². The molecule has 7 aromatic heterocycles. The average Bonchev–Trinajstić information content (AvgIpc) is 4.53. The summed E-state index contributed by atoms with van der Waals surface area (Å²) in [5.41, 5.74) is 26.1. The number of rotatable bonds is 3. The second-order valence-electron chi connectivity index (χ2n) is 21.6. The first-order chi connectivity index (χ1) is 40.1. The van der Waals surface area contributed by atoms with Crippen LogP contribution in [0.2, 0.25) is 0 Å². The van der Waals surface area contributed by atoms with Crippen molar-refractivity contribution in [2.24, 2.45) is 4.99 Å². The van der Waals surface area contributed by atoms with Gasteiger partial charge >= 0.3 is 0 Å². The standard InChI is InChI=1S/C70H39N11/c1-4-10-35(11-5-1)56-39-17-16-38(34-39)40-18-19-41-47-25-30-52(72-47)57(36-12-6-2-7-13-36)53-31-27-49(74-53)44-22-23-45-50-28-33-55(75-50)58(37-14-8-3-9-15-37)54-32-26-48(73-54)43-21-20-42(46-24-29-51(56)71-46)61-62(43)80-69-67(78-61)65-66(77-60(41)59(40)76-65)68-70(69)81-64(45)63(44)79-68/h1-33,57,72-74H,34H2. The predicted octanol–water partition coefficient (Wildman–Crippen LogP) is 13.9. The van der Waals surface area contributed by atoms with Gasteiger partial charge in [0.25, 0.3) is 0 Å². The molecular weight excluding hydrogens is 995 g/mol. The van der Waals surface area contributed by atoms with Crippen LogP contribution in [0, 0.1) is 0 Å². The molecule has 1 aliphatic carbocycles. The van der Waals surface area contributed by atoms with Crippen molar-refractivity contribution in [3.63, 3.8) is 0 Å². The lowest BCUT2D eigenvalue weighted by molar-refractivity contribution is 0.900. The number of fused-ring (bicyclic) bond motifs is 15. The zero-order valence-corrected chi connectivity index (χ0v) is 42.9. The molecule has 81 heavy (non-hydrogen) atoms. The minimum Gasteiger partial charge on any atom is -0.358 e. The molecule has 0 saturated carbocycles. The van der Waals surface area contributed by atoms with Gasteiger partial charge in [0.15, 0.2) is 0 Å². The fourth-order valence-corrected chi connectivity index (χ4v) is 13.4. The van der Waals surface area contributed by atoms with Crippen molar-refractivity contribution >= 4 is 123 Å². The summed E-state index contributed by atoms with van der Waals surface area (Å²) in [4.78, 5) is 57.8. The van der Waals surface area contributed by atoms with E-state index in [1.807, 2.05) is 6.07 Å². The van der Waals surface area contributed by atoms with Gasteiger partial charge in [0.2, 0.25) is 0 Å². The maximum Gasteiger partial charge on any atom is 0.120 e. The zero-order valence-electron chi connectivity index (χ0n) is 42.9. The summed E-state index contributed by atoms with van der Waals surface area (Å²) in [5, 5.41) is 3.54. The molecule has 1 unspecified atom stereocenters. The third-order valence-corrected chi connectivity index (χ3v) is 17.1. The Labute approximate surface area is 459 Å². The van der Waals surface area contributed by atoms with Crippen LogP contribution >= 0.6 is 0 Å². The summed E-state index contributed by atoms with van der Waals surface area (Å²) >= 11 is 0. The van der Waals surface area contributed by atoms with Crippen LogP contribution in [0.15, 0.2) is 199 Å². The van der Waals surface area contributed by atoms with E-state index in [2.05, 4.69) is 209 Å². The second kappa shape index (κ2) is 15.8. The summed E-state index contributed by atoms with van der Waals surface area (Å²) in [6, 6.07) is 57.8. The lowest BCUT2D eigenvalue weighted by Gasteiger charge is -2.16. The van der Waals surface area contributed by atoms with Gasteiger partial charge in [0.05, 0.1) is 61.8 Å². The first-order valence-electron chi connectivity index (χ1n) is 27.3. The largest absolute Gasteiger partial charge is 0.358 e. The van der Waals surface area contributed by atoms with E-state index in [4.69, 9.17) is 39.9 Å². The number of nitrogens with zero attached hydrogens (tertiary/aromatic N) is 8. The van der Waals surface area contributed by atoms with E-state index in [9.17, 15) is 0 Å². The first kappa shape index (κ1) is 43.0. The van der Waals surface area contributed by atoms with Crippen molar-refractivity contribution in [2.75, 3.05) is 0 Å². The van der Waals surface area contributed by atoms with Crippen molar-refractivity contribution in [3.8, 4) is 33.6 Å². The fourth-order valence-electron chi connectivity index (χ4n) is 13.4. The Bertz CT molecular complexity index is 5600. The van der Waals surface area contributed by atoms with Gasteiger partial charge in [0, 0.05) is 77.3 Å². The number of allylic oxidation sites excluding steroid dienone is 5. The Morgan fingerprint density at radius 1 is 0.358 bits per heavy atom. The highest BCUT2D eigenvalue weighted by Crippen LogP contribution is 2.43. The Balaban J connectivity index is 1.07. The van der Waals surface area contributed by atoms with Gasteiger partial charge < -0.3 is 15.0 Å². The van der Waals surface area contributed by atoms with Gasteiger partial charge in [-0.05, 0) is 125 Å². The van der Waals surface area contributed by atoms with Gasteiger partial charge in [-0.2, -0.15) is 0 Å². The lowest BCUT2D eigenvalue weighted by atomic mass is 9.93. The Morgan fingerprint density at radius 2 is 0.914 bits per heavy atom. The van der Waals surface area contributed by atoms with E-state index in [-0.39, 0.29) is 5.92 Å². The number of aromatic nitrogens is 10. The van der Waals surface area contributed by atoms with E-state index in [1.54, 1.807) is 0 Å². The molecule has 7 aromatic carbocycles. The molecule has 4 aliphatic heterocycles. The van der Waals surface area contributed by atoms with Gasteiger partial charge in [0.1, 0.15) is 33.1 Å². The van der Waals surface area contributed by atoms with E-state index in [0.29, 0.717) is 61.6 Å². The molecule has 11 heterocycles. The van der Waals surface area contributed by atoms with Gasteiger partial charge in [-0.15, -0.1) is 0 Å². The Hall–Kier alpha value is -11.0. The number of H-pyrrole nitrogens is 3. The highest BCUT2D eigenvalue weighted by molar-refractivity contribution is 6.33. The molecule has 1 atom stereocenters. The van der Waals surface area contributed by atoms with Crippen molar-refractivity contribution in [3.05, 3.63) is 238 Å². The van der Waals surface area contributed by atoms with Crippen LogP contribution in [-0.2, 0) is 0 Å². The molecule has 14 aromatic rings. The van der Waals surface area contributed by atoms with Crippen LogP contribution in [0.5, 0.6) is 0 Å². The molecule has 19 rings (SSSR count). The number of hydrogen-bond acceptors (Lipinski definition) is 8. The third kappa shape index (κ3) is 6.06. The van der Waals surface area contributed by atoms with E-state index >= 15 is 0 Å². The predicted molar refractivity (Wildman–Crippen MR) is 325 cm³/mol. The smallest absolute Gasteiger partial charge is 0.120 e. The summed E-state index contributed by atoms with van der Waals surface area (Å²) < 4.78 is 0. The zero-order chi connectivity index (χ0) is 52.6. The normalized spacial score (nSPS) is 15.6. The van der Waals surface area contributed by atoms with E-state index < -0.39 is 0 Å². The Kier molecular flexibility index (Phi) is 8.39. The van der Waals surface area contributed by atoms with Crippen LogP contribution in [0.3, 0.4) is 0 Å². The molecule has 0 saturated heterocycles. The molecule has 3 N–H and O–H groups in total. The summed E-state index contributed by atoms with van der Waals surface area (Å²) in [7, 11) is 0. The van der Waals surface area contributed by atoms with Gasteiger partial charge in [-0.3, -0.25) is 0 Å². The summed E-state index contributed by atoms with van der Waals surface area (Å²) in [6.07, 6.45) is 13.6. The van der Waals surface area contributed by atoms with Gasteiger partial charge in [-0.1, -0.05) is 109 Å². The molecular formula is C70H39N11. The van der Waals surface area contributed by atoms with Crippen molar-refractivity contribution in [1.82, 2.24) is 49.8 Å². The van der Waals surface area contributed by atoms with Gasteiger partial charge in [-0.25, -0.2) is 39.9 Å². The van der Waals surface area contributed by atoms with Crippen LogP contribution in [0.1, 0.15) is 46.2 Å². The fraction of sp³-hybridized carbons (Fsp3) is 0.0286. The molecule has 24 bridgehead atoms. The molecule has 0 amide bonds. The second-order valence-corrected chi connectivity index (χ2v) is 21.6. The summed E-state index contributed by atoms with van der Waals surface area (Å²) in [6.45, 7) is 0. The number of nitrogens with one attached hydrogen (secondary N) is 3. The van der Waals surface area contributed by atoms with Crippen LogP contribution in [-0.4, -0.2) is 55.6 Å². The SMILES string of the molecule is C1=CC2=c3ccc4c5ccc([nH]5)c(-c5ccccc5)c5nc(c6ccc7c8nc9c%10nc%11c(ccc(c%11nc%10c%10nc3c4nc%10c9nc68)=C3C=CC(=C(c4ccccc4)C1=N2)C3)-c1ccc([nH]1)C(c1ccccc1)c1ccc-7[nH]1)C=C5. The molecule has 11 nitrogen and oxygen atoms in total. The maximum atomic E-state index is 5.87. The van der Waals surface area contributed by atoms with Crippen molar-refractivity contribution < 1.29 is 0 Å². The third-order valence-electron chi connectivity index (χ3n) is 17.1. The molecule has 374 valence electrons. The molecule has 11 heteroatoms. The number of benzene rings is 7. The van der Waals surface area contributed by atoms with Crippen molar-refractivity contribution in [1.29, 1.82) is 0 Å². The highest BCUT2D eigenvalue weighted by Gasteiger charge is 2.29. The number of aliphatic imine (C=N–C) groups is 1. The quantitative estimate of drug-likeness (QED) is 0.118. The molecule has 0 fully saturated rings.